The zero-order valence-corrected chi connectivity index (χ0v) is 27.2. The Hall–Kier alpha value is -4.62. The summed E-state index contributed by atoms with van der Waals surface area (Å²) in [6.07, 6.45) is 0. The summed E-state index contributed by atoms with van der Waals surface area (Å²) >= 11 is 0. The minimum absolute atomic E-state index is 0.0621. The van der Waals surface area contributed by atoms with Crippen molar-refractivity contribution in [3.63, 3.8) is 0 Å². The van der Waals surface area contributed by atoms with Crippen molar-refractivity contribution in [2.24, 2.45) is 11.8 Å². The smallest absolute Gasteiger partial charge is 0.0463 e. The van der Waals surface area contributed by atoms with Crippen molar-refractivity contribution in [1.29, 1.82) is 0 Å². The zero-order chi connectivity index (χ0) is 31.1. The number of nitrogens with one attached hydrogen (secondary N) is 1. The molecule has 0 aromatic heterocycles. The van der Waals surface area contributed by atoms with Gasteiger partial charge in [-0.2, -0.15) is 0 Å². The fourth-order valence-electron chi connectivity index (χ4n) is 8.99. The van der Waals surface area contributed by atoms with E-state index in [1.807, 2.05) is 0 Å². The van der Waals surface area contributed by atoms with Crippen molar-refractivity contribution in [2.75, 3.05) is 5.32 Å². The summed E-state index contributed by atoms with van der Waals surface area (Å²) in [6, 6.07) is 45.2. The minimum Gasteiger partial charge on any atom is -0.355 e. The van der Waals surface area contributed by atoms with Crippen molar-refractivity contribution in [3.8, 4) is 33.4 Å². The molecule has 0 spiro atoms. The molecular weight excluding hydrogens is 542 g/mol. The second-order valence-electron chi connectivity index (χ2n) is 14.3. The van der Waals surface area contributed by atoms with E-state index in [-0.39, 0.29) is 10.8 Å². The molecule has 45 heavy (non-hydrogen) atoms. The number of rotatable bonds is 5. The Morgan fingerprint density at radius 1 is 0.511 bits per heavy atom. The Morgan fingerprint density at radius 2 is 1.18 bits per heavy atom. The number of anilines is 2. The predicted molar refractivity (Wildman–Crippen MR) is 193 cm³/mol. The Kier molecular flexibility index (Phi) is 6.16. The maximum absolute atomic E-state index is 3.83. The molecule has 0 radical (unpaired) electrons. The van der Waals surface area contributed by atoms with Crippen LogP contribution in [-0.2, 0) is 10.8 Å². The highest BCUT2D eigenvalue weighted by atomic mass is 14.9. The van der Waals surface area contributed by atoms with Gasteiger partial charge in [-0.15, -0.1) is 0 Å². The minimum atomic E-state index is -0.103. The van der Waals surface area contributed by atoms with Gasteiger partial charge in [0.05, 0.1) is 0 Å². The van der Waals surface area contributed by atoms with Gasteiger partial charge >= 0.3 is 0 Å². The first-order chi connectivity index (χ1) is 21.7. The van der Waals surface area contributed by atoms with E-state index in [1.54, 1.807) is 0 Å². The van der Waals surface area contributed by atoms with E-state index >= 15 is 0 Å². The van der Waals surface area contributed by atoms with Crippen LogP contribution in [-0.4, -0.2) is 0 Å². The first-order valence-electron chi connectivity index (χ1n) is 16.5. The molecule has 1 heteroatoms. The number of para-hydroxylation sites is 1. The van der Waals surface area contributed by atoms with Gasteiger partial charge in [-0.05, 0) is 103 Å². The maximum Gasteiger partial charge on any atom is 0.0463 e. The number of benzene rings is 6. The van der Waals surface area contributed by atoms with Crippen molar-refractivity contribution < 1.29 is 0 Å². The van der Waals surface area contributed by atoms with E-state index in [0.717, 1.165) is 11.4 Å². The lowest BCUT2D eigenvalue weighted by Gasteiger charge is -2.40. The molecule has 0 saturated carbocycles. The highest BCUT2D eigenvalue weighted by Gasteiger charge is 2.49. The molecule has 0 unspecified atom stereocenters. The lowest BCUT2D eigenvalue weighted by Crippen LogP contribution is -2.37. The van der Waals surface area contributed by atoms with Gasteiger partial charge in [0.25, 0.3) is 0 Å². The van der Waals surface area contributed by atoms with Crippen LogP contribution in [0.5, 0.6) is 0 Å². The highest BCUT2D eigenvalue weighted by molar-refractivity contribution is 6.03. The van der Waals surface area contributed by atoms with Gasteiger partial charge in [0, 0.05) is 27.8 Å². The van der Waals surface area contributed by atoms with E-state index in [0.29, 0.717) is 11.8 Å². The first kappa shape index (κ1) is 27.9. The van der Waals surface area contributed by atoms with Crippen molar-refractivity contribution >= 4 is 22.1 Å². The van der Waals surface area contributed by atoms with Crippen molar-refractivity contribution in [1.82, 2.24) is 0 Å². The fourth-order valence-corrected chi connectivity index (χ4v) is 8.99. The van der Waals surface area contributed by atoms with Crippen LogP contribution in [0.2, 0.25) is 0 Å². The molecule has 0 amide bonds. The Balaban J connectivity index is 1.32. The molecule has 0 heterocycles. The van der Waals surface area contributed by atoms with Crippen LogP contribution in [0.4, 0.5) is 11.4 Å². The molecule has 2 aliphatic rings. The summed E-state index contributed by atoms with van der Waals surface area (Å²) in [4.78, 5) is 0. The van der Waals surface area contributed by atoms with Crippen LogP contribution in [0, 0.1) is 11.8 Å². The summed E-state index contributed by atoms with van der Waals surface area (Å²) in [7, 11) is 0. The third-order valence-electron chi connectivity index (χ3n) is 11.0. The van der Waals surface area contributed by atoms with Gasteiger partial charge in [-0.25, -0.2) is 0 Å². The summed E-state index contributed by atoms with van der Waals surface area (Å²) < 4.78 is 0. The lowest BCUT2D eigenvalue weighted by atomic mass is 9.62. The third kappa shape index (κ3) is 3.86. The van der Waals surface area contributed by atoms with Crippen LogP contribution >= 0.6 is 0 Å². The van der Waals surface area contributed by atoms with E-state index in [4.69, 9.17) is 0 Å². The normalized spacial score (nSPS) is 15.2. The van der Waals surface area contributed by atoms with Gasteiger partial charge in [0.15, 0.2) is 0 Å². The summed E-state index contributed by atoms with van der Waals surface area (Å²) in [6.45, 7) is 14.5. The molecule has 0 bridgehead atoms. The average Bonchev–Trinajstić information content (AvgIpc) is 3.46. The largest absolute Gasteiger partial charge is 0.355 e. The lowest BCUT2D eigenvalue weighted by molar-refractivity contribution is 0.280. The van der Waals surface area contributed by atoms with E-state index < -0.39 is 0 Å². The standard InChI is InChI=1S/C44H41N/c1-27(2)44(28(3)4)39-24-31(45-41-19-13-12-17-32(41)29-14-8-7-9-15-29)21-22-34(39)35-25-38-36(26-40(35)44)42-33-18-11-10-16-30(33)20-23-37(42)43(38,5)6/h7-28,45H,1-6H3. The summed E-state index contributed by atoms with van der Waals surface area (Å²) in [5.74, 6) is 0.840. The molecule has 222 valence electrons. The van der Waals surface area contributed by atoms with E-state index in [9.17, 15) is 0 Å². The molecule has 0 fully saturated rings. The van der Waals surface area contributed by atoms with Crippen LogP contribution in [0.25, 0.3) is 44.2 Å². The van der Waals surface area contributed by atoms with Gasteiger partial charge in [-0.3, -0.25) is 0 Å². The molecule has 8 rings (SSSR count). The molecule has 1 nitrogen and oxygen atoms in total. The van der Waals surface area contributed by atoms with Gasteiger partial charge in [0.1, 0.15) is 0 Å². The van der Waals surface area contributed by atoms with Crippen LogP contribution in [0.15, 0.2) is 121 Å². The van der Waals surface area contributed by atoms with Crippen molar-refractivity contribution in [2.45, 2.75) is 52.4 Å². The van der Waals surface area contributed by atoms with Gasteiger partial charge in [-0.1, -0.05) is 133 Å². The quantitative estimate of drug-likeness (QED) is 0.213. The molecular formula is C44H41N. The van der Waals surface area contributed by atoms with E-state index in [1.165, 1.54) is 66.4 Å². The van der Waals surface area contributed by atoms with Crippen LogP contribution in [0.3, 0.4) is 0 Å². The monoisotopic (exact) mass is 583 g/mol. The molecule has 0 atom stereocenters. The summed E-state index contributed by atoms with van der Waals surface area (Å²) in [5.41, 5.74) is 16.0. The number of hydrogen-bond acceptors (Lipinski definition) is 1. The predicted octanol–water partition coefficient (Wildman–Crippen LogP) is 12.1. The molecule has 6 aromatic carbocycles. The first-order valence-corrected chi connectivity index (χ1v) is 16.5. The molecule has 1 N–H and O–H groups in total. The van der Waals surface area contributed by atoms with E-state index in [2.05, 4.69) is 168 Å². The molecule has 0 saturated heterocycles. The van der Waals surface area contributed by atoms with Crippen molar-refractivity contribution in [3.05, 3.63) is 144 Å². The third-order valence-corrected chi connectivity index (χ3v) is 11.0. The molecule has 0 aliphatic heterocycles. The highest BCUT2D eigenvalue weighted by Crippen LogP contribution is 2.61. The number of hydrogen-bond donors (Lipinski definition) is 1. The zero-order valence-electron chi connectivity index (χ0n) is 27.2. The van der Waals surface area contributed by atoms with Crippen LogP contribution < -0.4 is 5.32 Å². The molecule has 2 aliphatic carbocycles. The summed E-state index contributed by atoms with van der Waals surface area (Å²) in [5, 5.41) is 6.51. The topological polar surface area (TPSA) is 12.0 Å². The fraction of sp³-hybridized carbons (Fsp3) is 0.227. The second-order valence-corrected chi connectivity index (χ2v) is 14.3. The van der Waals surface area contributed by atoms with Crippen LogP contribution in [0.1, 0.15) is 63.8 Å². The Labute approximate surface area is 268 Å². The average molecular weight is 584 g/mol. The second kappa shape index (κ2) is 9.94. The maximum atomic E-state index is 3.83. The Bertz CT molecular complexity index is 2100. The molecule has 6 aromatic rings. The number of fused-ring (bicyclic) bond motifs is 8. The van der Waals surface area contributed by atoms with Gasteiger partial charge in [0.2, 0.25) is 0 Å². The SMILES string of the molecule is CC(C)C1(C(C)C)c2cc(Nc3ccccc3-c3ccccc3)ccc2-c2cc3c(cc21)-c1c(ccc2ccccc12)C3(C)C. The van der Waals surface area contributed by atoms with Gasteiger partial charge < -0.3 is 5.32 Å². The Morgan fingerprint density at radius 3 is 1.96 bits per heavy atom.